The van der Waals surface area contributed by atoms with E-state index < -0.39 is 0 Å². The molecule has 0 aromatic heterocycles. The van der Waals surface area contributed by atoms with Gasteiger partial charge >= 0.3 is 0 Å². The first-order chi connectivity index (χ1) is 4.74. The second-order valence-corrected chi connectivity index (χ2v) is 2.29. The highest BCUT2D eigenvalue weighted by Gasteiger charge is 1.95. The fourth-order valence-electron chi connectivity index (χ4n) is 0.635. The molecule has 0 spiro atoms. The lowest BCUT2D eigenvalue weighted by atomic mass is 10.3. The first-order valence-electron chi connectivity index (χ1n) is 2.83. The summed E-state index contributed by atoms with van der Waals surface area (Å²) in [6, 6.07) is 5.15. The van der Waals surface area contributed by atoms with Gasteiger partial charge in [-0.1, -0.05) is 11.6 Å². The van der Waals surface area contributed by atoms with Crippen molar-refractivity contribution in [1.82, 2.24) is 0 Å². The zero-order valence-corrected chi connectivity index (χ0v) is 7.58. The van der Waals surface area contributed by atoms with Crippen molar-refractivity contribution in [3.8, 4) is 5.75 Å². The number of halogens is 2. The van der Waals surface area contributed by atoms with E-state index in [1.807, 2.05) is 0 Å². The first-order valence-corrected chi connectivity index (χ1v) is 3.21. The zero-order chi connectivity index (χ0) is 7.56. The number of nitrogens with two attached hydrogens (primary N) is 1. The molecular weight excluding hydrogens is 185 g/mol. The molecule has 62 valence electrons. The Morgan fingerprint density at radius 3 is 2.55 bits per heavy atom. The Hall–Kier alpha value is -0.600. The third-order valence-electron chi connectivity index (χ3n) is 1.21. The van der Waals surface area contributed by atoms with Crippen LogP contribution in [0, 0.1) is 0 Å². The molecule has 4 heteroatoms. The normalized spacial score (nSPS) is 8.55. The summed E-state index contributed by atoms with van der Waals surface area (Å²) in [6.45, 7) is 0. The number of rotatable bonds is 1. The van der Waals surface area contributed by atoms with Crippen LogP contribution in [0.25, 0.3) is 0 Å². The van der Waals surface area contributed by atoms with Crippen molar-refractivity contribution in [3.05, 3.63) is 23.2 Å². The Morgan fingerprint density at radius 2 is 2.09 bits per heavy atom. The molecule has 0 aliphatic rings. The van der Waals surface area contributed by atoms with Gasteiger partial charge in [0.1, 0.15) is 5.75 Å². The molecule has 2 nitrogen and oxygen atoms in total. The van der Waals surface area contributed by atoms with Gasteiger partial charge in [-0.3, -0.25) is 0 Å². The second-order valence-electron chi connectivity index (χ2n) is 1.89. The van der Waals surface area contributed by atoms with E-state index in [2.05, 4.69) is 0 Å². The van der Waals surface area contributed by atoms with E-state index in [-0.39, 0.29) is 12.4 Å². The fourth-order valence-corrected chi connectivity index (χ4v) is 0.805. The highest BCUT2D eigenvalue weighted by Crippen LogP contribution is 2.23. The molecule has 0 saturated carbocycles. The van der Waals surface area contributed by atoms with Gasteiger partial charge in [0.25, 0.3) is 0 Å². The quantitative estimate of drug-likeness (QED) is 0.696. The van der Waals surface area contributed by atoms with Crippen molar-refractivity contribution in [2.45, 2.75) is 0 Å². The molecule has 1 rings (SSSR count). The van der Waals surface area contributed by atoms with Crippen LogP contribution in [-0.4, -0.2) is 7.11 Å². The first kappa shape index (κ1) is 10.4. The van der Waals surface area contributed by atoms with Gasteiger partial charge in [-0.25, -0.2) is 0 Å². The molecule has 0 aliphatic heterocycles. The third-order valence-corrected chi connectivity index (χ3v) is 1.53. The summed E-state index contributed by atoms with van der Waals surface area (Å²) in [5, 5.41) is 0.527. The van der Waals surface area contributed by atoms with E-state index in [4.69, 9.17) is 22.1 Å². The number of hydrogen-bond donors (Lipinski definition) is 1. The largest absolute Gasteiger partial charge is 0.497 e. The van der Waals surface area contributed by atoms with E-state index in [1.165, 1.54) is 0 Å². The maximum atomic E-state index is 5.69. The van der Waals surface area contributed by atoms with E-state index in [9.17, 15) is 0 Å². The lowest BCUT2D eigenvalue weighted by Crippen LogP contribution is -1.87. The van der Waals surface area contributed by atoms with Crippen LogP contribution < -0.4 is 10.5 Å². The van der Waals surface area contributed by atoms with Crippen molar-refractivity contribution in [3.63, 3.8) is 0 Å². The Morgan fingerprint density at radius 1 is 1.45 bits per heavy atom. The molecule has 0 heterocycles. The average Bonchev–Trinajstić information content (AvgIpc) is 1.95. The summed E-state index contributed by atoms with van der Waals surface area (Å²) in [5.74, 6) is 0.721. The molecule has 11 heavy (non-hydrogen) atoms. The van der Waals surface area contributed by atoms with Crippen molar-refractivity contribution >= 4 is 29.7 Å². The molecule has 1 aromatic carbocycles. The predicted molar refractivity (Wildman–Crippen MR) is 49.7 cm³/mol. The molecular formula is C7H9Cl2NO. The van der Waals surface area contributed by atoms with Gasteiger partial charge in [0, 0.05) is 6.07 Å². The standard InChI is InChI=1S/C7H8ClNO.ClH/c1-10-5-2-3-7(9)6(8)4-5;/h2-4H,9H2,1H3;1H. The van der Waals surface area contributed by atoms with E-state index in [0.717, 1.165) is 5.75 Å². The Bertz CT molecular complexity index is 240. The molecule has 1 aromatic rings. The van der Waals surface area contributed by atoms with Gasteiger partial charge < -0.3 is 10.5 Å². The minimum absolute atomic E-state index is 0. The summed E-state index contributed by atoms with van der Waals surface area (Å²) < 4.78 is 4.91. The Kier molecular flexibility index (Phi) is 4.08. The zero-order valence-electron chi connectivity index (χ0n) is 6.00. The van der Waals surface area contributed by atoms with E-state index in [1.54, 1.807) is 25.3 Å². The Balaban J connectivity index is 0.000001000. The van der Waals surface area contributed by atoms with Crippen LogP contribution in [0.5, 0.6) is 5.75 Å². The molecule has 0 amide bonds. The van der Waals surface area contributed by atoms with Crippen LogP contribution in [0.3, 0.4) is 0 Å². The molecule has 0 aliphatic carbocycles. The van der Waals surface area contributed by atoms with E-state index in [0.29, 0.717) is 10.7 Å². The molecule has 0 fully saturated rings. The van der Waals surface area contributed by atoms with Gasteiger partial charge in [-0.05, 0) is 12.1 Å². The number of benzene rings is 1. The minimum atomic E-state index is 0. The number of ether oxygens (including phenoxy) is 1. The smallest absolute Gasteiger partial charge is 0.120 e. The molecule has 2 N–H and O–H groups in total. The van der Waals surface area contributed by atoms with Gasteiger partial charge in [0.15, 0.2) is 0 Å². The number of hydrogen-bond acceptors (Lipinski definition) is 2. The van der Waals surface area contributed by atoms with Crippen LogP contribution in [0.4, 0.5) is 5.69 Å². The second kappa shape index (κ2) is 4.31. The maximum absolute atomic E-state index is 5.69. The summed E-state index contributed by atoms with van der Waals surface area (Å²) in [7, 11) is 1.59. The van der Waals surface area contributed by atoms with Gasteiger partial charge in [-0.15, -0.1) is 12.4 Å². The van der Waals surface area contributed by atoms with Crippen molar-refractivity contribution in [2.75, 3.05) is 12.8 Å². The SMILES string of the molecule is COc1ccc(N)c(Cl)c1.Cl. The minimum Gasteiger partial charge on any atom is -0.497 e. The topological polar surface area (TPSA) is 35.2 Å². The van der Waals surface area contributed by atoms with Gasteiger partial charge in [-0.2, -0.15) is 0 Å². The highest BCUT2D eigenvalue weighted by atomic mass is 35.5. The number of nitrogen functional groups attached to an aromatic ring is 1. The van der Waals surface area contributed by atoms with Crippen LogP contribution in [-0.2, 0) is 0 Å². The molecule has 0 atom stereocenters. The monoisotopic (exact) mass is 193 g/mol. The molecule has 0 radical (unpaired) electrons. The lowest BCUT2D eigenvalue weighted by Gasteiger charge is -2.00. The molecule has 0 unspecified atom stereocenters. The van der Waals surface area contributed by atoms with Crippen LogP contribution in [0.2, 0.25) is 5.02 Å². The summed E-state index contributed by atoms with van der Waals surface area (Å²) >= 11 is 5.69. The predicted octanol–water partition coefficient (Wildman–Crippen LogP) is 2.35. The van der Waals surface area contributed by atoms with Crippen molar-refractivity contribution in [1.29, 1.82) is 0 Å². The Labute approximate surface area is 76.7 Å². The summed E-state index contributed by atoms with van der Waals surface area (Å²) in [5.41, 5.74) is 6.03. The number of methoxy groups -OCH3 is 1. The summed E-state index contributed by atoms with van der Waals surface area (Å²) in [4.78, 5) is 0. The van der Waals surface area contributed by atoms with Crippen molar-refractivity contribution in [2.24, 2.45) is 0 Å². The van der Waals surface area contributed by atoms with Crippen LogP contribution >= 0.6 is 24.0 Å². The maximum Gasteiger partial charge on any atom is 0.120 e. The lowest BCUT2D eigenvalue weighted by molar-refractivity contribution is 0.415. The third kappa shape index (κ3) is 2.48. The van der Waals surface area contributed by atoms with E-state index >= 15 is 0 Å². The highest BCUT2D eigenvalue weighted by molar-refractivity contribution is 6.33. The van der Waals surface area contributed by atoms with Gasteiger partial charge in [0.2, 0.25) is 0 Å². The molecule has 0 bridgehead atoms. The van der Waals surface area contributed by atoms with Crippen LogP contribution in [0.15, 0.2) is 18.2 Å². The fraction of sp³-hybridized carbons (Fsp3) is 0.143. The van der Waals surface area contributed by atoms with Gasteiger partial charge in [0.05, 0.1) is 17.8 Å². The van der Waals surface area contributed by atoms with Crippen LogP contribution in [0.1, 0.15) is 0 Å². The van der Waals surface area contributed by atoms with Crippen molar-refractivity contribution < 1.29 is 4.74 Å². The average molecular weight is 194 g/mol. The summed E-state index contributed by atoms with van der Waals surface area (Å²) in [6.07, 6.45) is 0. The number of anilines is 1. The molecule has 0 saturated heterocycles.